The molecule has 0 aliphatic rings. The van der Waals surface area contributed by atoms with Crippen molar-refractivity contribution in [3.8, 4) is 0 Å². The normalized spacial score (nSPS) is 10.5. The summed E-state index contributed by atoms with van der Waals surface area (Å²) < 4.78 is 0. The number of rotatable bonds is 2. The highest BCUT2D eigenvalue weighted by Gasteiger charge is 2.09. The van der Waals surface area contributed by atoms with E-state index in [1.54, 1.807) is 6.07 Å². The lowest BCUT2D eigenvalue weighted by molar-refractivity contribution is 0.0699. The highest BCUT2D eigenvalue weighted by molar-refractivity contribution is 9.08. The zero-order valence-electron chi connectivity index (χ0n) is 7.90. The summed E-state index contributed by atoms with van der Waals surface area (Å²) in [6.45, 7) is 0. The van der Waals surface area contributed by atoms with Gasteiger partial charge >= 0.3 is 5.97 Å². The van der Waals surface area contributed by atoms with Crippen LogP contribution in [0.2, 0.25) is 0 Å². The fourth-order valence-corrected chi connectivity index (χ4v) is 1.95. The number of carbonyl (C=O) groups is 1. The number of hydrogen-bond donors (Lipinski definition) is 1. The van der Waals surface area contributed by atoms with Crippen molar-refractivity contribution in [2.45, 2.75) is 5.33 Å². The summed E-state index contributed by atoms with van der Waals surface area (Å²) in [6.07, 6.45) is 0. The zero-order chi connectivity index (χ0) is 10.8. The van der Waals surface area contributed by atoms with E-state index in [0.717, 1.165) is 16.3 Å². The first-order valence-electron chi connectivity index (χ1n) is 4.53. The SMILES string of the molecule is O=C(O)c1cc(CBr)cc2ccccc12. The van der Waals surface area contributed by atoms with Crippen LogP contribution in [-0.2, 0) is 5.33 Å². The average Bonchev–Trinajstić information content (AvgIpc) is 2.27. The molecule has 0 aliphatic carbocycles. The minimum Gasteiger partial charge on any atom is -0.478 e. The minimum absolute atomic E-state index is 0.363. The van der Waals surface area contributed by atoms with Crippen LogP contribution in [-0.4, -0.2) is 11.1 Å². The third kappa shape index (κ3) is 1.88. The zero-order valence-corrected chi connectivity index (χ0v) is 9.49. The van der Waals surface area contributed by atoms with E-state index in [2.05, 4.69) is 15.9 Å². The number of aromatic carboxylic acids is 1. The second-order valence-electron chi connectivity index (χ2n) is 3.30. The van der Waals surface area contributed by atoms with Gasteiger partial charge < -0.3 is 5.11 Å². The highest BCUT2D eigenvalue weighted by Crippen LogP contribution is 2.22. The number of hydrogen-bond acceptors (Lipinski definition) is 1. The Bertz CT molecular complexity index is 520. The van der Waals surface area contributed by atoms with Crippen molar-refractivity contribution >= 4 is 32.7 Å². The minimum atomic E-state index is -0.881. The fraction of sp³-hybridized carbons (Fsp3) is 0.0833. The van der Waals surface area contributed by atoms with Crippen molar-refractivity contribution in [3.05, 3.63) is 47.5 Å². The van der Waals surface area contributed by atoms with Gasteiger partial charge in [0.05, 0.1) is 5.56 Å². The molecule has 0 atom stereocenters. The molecule has 2 rings (SSSR count). The summed E-state index contributed by atoms with van der Waals surface area (Å²) in [4.78, 5) is 11.1. The van der Waals surface area contributed by atoms with Gasteiger partial charge in [0.1, 0.15) is 0 Å². The first kappa shape index (κ1) is 10.2. The van der Waals surface area contributed by atoms with E-state index in [-0.39, 0.29) is 0 Å². The topological polar surface area (TPSA) is 37.3 Å². The van der Waals surface area contributed by atoms with Crippen LogP contribution in [0.4, 0.5) is 0 Å². The third-order valence-corrected chi connectivity index (χ3v) is 2.95. The summed E-state index contributed by atoms with van der Waals surface area (Å²) in [5.41, 5.74) is 1.34. The average molecular weight is 265 g/mol. The first-order chi connectivity index (χ1) is 7.22. The lowest BCUT2D eigenvalue weighted by atomic mass is 10.0. The Labute approximate surface area is 95.7 Å². The van der Waals surface area contributed by atoms with Crippen LogP contribution in [0.1, 0.15) is 15.9 Å². The van der Waals surface area contributed by atoms with Crippen molar-refractivity contribution in [1.29, 1.82) is 0 Å². The molecule has 76 valence electrons. The lowest BCUT2D eigenvalue weighted by Crippen LogP contribution is -1.98. The van der Waals surface area contributed by atoms with Crippen LogP contribution < -0.4 is 0 Å². The maximum atomic E-state index is 11.1. The molecule has 15 heavy (non-hydrogen) atoms. The summed E-state index contributed by atoms with van der Waals surface area (Å²) >= 11 is 3.33. The van der Waals surface area contributed by atoms with Gasteiger partial charge in [-0.05, 0) is 22.4 Å². The summed E-state index contributed by atoms with van der Waals surface area (Å²) in [5, 5.41) is 11.5. The van der Waals surface area contributed by atoms with Crippen molar-refractivity contribution in [2.75, 3.05) is 0 Å². The van der Waals surface area contributed by atoms with Crippen molar-refractivity contribution < 1.29 is 9.90 Å². The van der Waals surface area contributed by atoms with Crippen LogP contribution in [0.15, 0.2) is 36.4 Å². The summed E-state index contributed by atoms with van der Waals surface area (Å²) in [7, 11) is 0. The quantitative estimate of drug-likeness (QED) is 0.844. The Morgan fingerprint density at radius 3 is 2.67 bits per heavy atom. The Balaban J connectivity index is 2.80. The number of benzene rings is 2. The number of alkyl halides is 1. The van der Waals surface area contributed by atoms with Crippen LogP contribution in [0.5, 0.6) is 0 Å². The first-order valence-corrected chi connectivity index (χ1v) is 5.65. The smallest absolute Gasteiger partial charge is 0.336 e. The van der Waals surface area contributed by atoms with Gasteiger partial charge in [0.25, 0.3) is 0 Å². The number of fused-ring (bicyclic) bond motifs is 1. The lowest BCUT2D eigenvalue weighted by Gasteiger charge is -2.05. The molecule has 0 aliphatic heterocycles. The molecule has 0 fully saturated rings. The standard InChI is InChI=1S/C12H9BrO2/c13-7-8-5-9-3-1-2-4-10(9)11(6-8)12(14)15/h1-6H,7H2,(H,14,15). The van der Waals surface area contributed by atoms with Gasteiger partial charge in [-0.1, -0.05) is 46.3 Å². The fourth-order valence-electron chi connectivity index (χ4n) is 1.63. The van der Waals surface area contributed by atoms with E-state index in [0.29, 0.717) is 10.9 Å². The number of halogens is 1. The molecule has 0 saturated heterocycles. The molecule has 2 aromatic carbocycles. The van der Waals surface area contributed by atoms with Gasteiger partial charge in [0, 0.05) is 5.33 Å². The van der Waals surface area contributed by atoms with Crippen molar-refractivity contribution in [3.63, 3.8) is 0 Å². The van der Waals surface area contributed by atoms with E-state index in [4.69, 9.17) is 5.11 Å². The van der Waals surface area contributed by atoms with Crippen molar-refractivity contribution in [2.24, 2.45) is 0 Å². The van der Waals surface area contributed by atoms with Crippen LogP contribution in [0, 0.1) is 0 Å². The van der Waals surface area contributed by atoms with Gasteiger partial charge in [0.2, 0.25) is 0 Å². The molecule has 2 aromatic rings. The Hall–Kier alpha value is -1.35. The molecule has 0 bridgehead atoms. The molecule has 0 saturated carbocycles. The largest absolute Gasteiger partial charge is 0.478 e. The Kier molecular flexibility index (Phi) is 2.73. The van der Waals surface area contributed by atoms with Crippen LogP contribution in [0.25, 0.3) is 10.8 Å². The molecule has 0 spiro atoms. The van der Waals surface area contributed by atoms with E-state index in [9.17, 15) is 4.79 Å². The highest BCUT2D eigenvalue weighted by atomic mass is 79.9. The Morgan fingerprint density at radius 1 is 1.27 bits per heavy atom. The van der Waals surface area contributed by atoms with E-state index in [1.165, 1.54) is 0 Å². The maximum Gasteiger partial charge on any atom is 0.336 e. The summed E-state index contributed by atoms with van der Waals surface area (Å²) in [6, 6.07) is 11.2. The number of carboxylic acid groups (broad SMARTS) is 1. The van der Waals surface area contributed by atoms with Crippen LogP contribution >= 0.6 is 15.9 Å². The molecule has 0 aromatic heterocycles. The maximum absolute atomic E-state index is 11.1. The second-order valence-corrected chi connectivity index (χ2v) is 3.86. The van der Waals surface area contributed by atoms with E-state index in [1.807, 2.05) is 30.3 Å². The predicted octanol–water partition coefficient (Wildman–Crippen LogP) is 3.43. The van der Waals surface area contributed by atoms with Gasteiger partial charge in [-0.3, -0.25) is 0 Å². The molecular weight excluding hydrogens is 256 g/mol. The predicted molar refractivity (Wildman–Crippen MR) is 63.5 cm³/mol. The Morgan fingerprint density at radius 2 is 2.00 bits per heavy atom. The third-order valence-electron chi connectivity index (χ3n) is 2.31. The molecular formula is C12H9BrO2. The van der Waals surface area contributed by atoms with Gasteiger partial charge in [-0.25, -0.2) is 4.79 Å². The molecule has 0 radical (unpaired) electrons. The molecule has 0 amide bonds. The summed E-state index contributed by atoms with van der Waals surface area (Å²) in [5.74, 6) is -0.881. The van der Waals surface area contributed by atoms with E-state index < -0.39 is 5.97 Å². The molecule has 0 heterocycles. The molecule has 0 unspecified atom stereocenters. The molecule has 3 heteroatoms. The monoisotopic (exact) mass is 264 g/mol. The van der Waals surface area contributed by atoms with Crippen molar-refractivity contribution in [1.82, 2.24) is 0 Å². The van der Waals surface area contributed by atoms with Gasteiger partial charge in [-0.2, -0.15) is 0 Å². The van der Waals surface area contributed by atoms with Gasteiger partial charge in [-0.15, -0.1) is 0 Å². The van der Waals surface area contributed by atoms with Gasteiger partial charge in [0.15, 0.2) is 0 Å². The second kappa shape index (κ2) is 4.03. The van der Waals surface area contributed by atoms with E-state index >= 15 is 0 Å². The molecule has 2 nitrogen and oxygen atoms in total. The molecule has 1 N–H and O–H groups in total. The number of carboxylic acids is 1. The van der Waals surface area contributed by atoms with Crippen LogP contribution in [0.3, 0.4) is 0 Å².